The predicted octanol–water partition coefficient (Wildman–Crippen LogP) is 1.49. The number of nitrogens with zero attached hydrogens (tertiary/aromatic N) is 4. The van der Waals surface area contributed by atoms with E-state index in [1.165, 1.54) is 22.8 Å². The highest BCUT2D eigenvalue weighted by Crippen LogP contribution is 2.21. The lowest BCUT2D eigenvalue weighted by Gasteiger charge is -2.24. The number of methoxy groups -OCH3 is 1. The van der Waals surface area contributed by atoms with Crippen LogP contribution in [-0.2, 0) is 16.0 Å². The van der Waals surface area contributed by atoms with Crippen LogP contribution in [0, 0.1) is 6.92 Å². The van der Waals surface area contributed by atoms with Crippen LogP contribution in [0.5, 0.6) is 0 Å². The number of anilines is 2. The number of carbonyl (C=O) groups excluding carboxylic acids is 2. The smallest absolute Gasteiger partial charge is 0.341 e. The maximum atomic E-state index is 13.5. The fraction of sp³-hybridized carbons (Fsp3) is 0.375. The van der Waals surface area contributed by atoms with E-state index in [0.29, 0.717) is 23.4 Å². The molecule has 0 atom stereocenters. The molecule has 192 valence electrons. The minimum atomic E-state index is -0.760. The van der Waals surface area contributed by atoms with Crippen LogP contribution in [0.25, 0.3) is 5.69 Å². The van der Waals surface area contributed by atoms with Crippen molar-refractivity contribution in [3.63, 3.8) is 0 Å². The van der Waals surface area contributed by atoms with Gasteiger partial charge in [-0.05, 0) is 44.5 Å². The van der Waals surface area contributed by atoms with E-state index in [0.717, 1.165) is 0 Å². The number of rotatable bonds is 10. The molecule has 2 aromatic heterocycles. The molecule has 0 bridgehead atoms. The number of amides is 1. The van der Waals surface area contributed by atoms with Gasteiger partial charge in [0.15, 0.2) is 5.69 Å². The van der Waals surface area contributed by atoms with E-state index in [1.54, 1.807) is 42.8 Å². The van der Waals surface area contributed by atoms with Crippen LogP contribution < -0.4 is 21.9 Å². The number of ether oxygens (including phenoxy) is 2. The summed E-state index contributed by atoms with van der Waals surface area (Å²) >= 11 is 0. The second-order valence-electron chi connectivity index (χ2n) is 7.92. The van der Waals surface area contributed by atoms with Crippen molar-refractivity contribution in [3.8, 4) is 5.69 Å². The number of hydrogen-bond donors (Lipinski definition) is 2. The van der Waals surface area contributed by atoms with E-state index < -0.39 is 23.1 Å². The fourth-order valence-electron chi connectivity index (χ4n) is 3.76. The first-order chi connectivity index (χ1) is 17.2. The van der Waals surface area contributed by atoms with Crippen LogP contribution in [0.15, 0.2) is 40.1 Å². The van der Waals surface area contributed by atoms with E-state index in [-0.39, 0.29) is 43.4 Å². The molecule has 3 aromatic rings. The van der Waals surface area contributed by atoms with Crippen molar-refractivity contribution < 1.29 is 19.1 Å². The summed E-state index contributed by atoms with van der Waals surface area (Å²) in [6.45, 7) is 6.04. The third-order valence-corrected chi connectivity index (χ3v) is 5.56. The molecule has 0 unspecified atom stereocenters. The van der Waals surface area contributed by atoms with Gasteiger partial charge in [-0.3, -0.25) is 24.0 Å². The Hall–Kier alpha value is -4.19. The second kappa shape index (κ2) is 11.5. The highest BCUT2D eigenvalue weighted by Gasteiger charge is 2.25. The fourth-order valence-corrected chi connectivity index (χ4v) is 3.76. The van der Waals surface area contributed by atoms with E-state index in [9.17, 15) is 19.2 Å². The summed E-state index contributed by atoms with van der Waals surface area (Å²) in [4.78, 5) is 53.9. The number of hydrogen-bond acceptors (Lipinski definition) is 8. The Labute approximate surface area is 207 Å². The molecular formula is C24H30N6O6. The molecule has 0 saturated heterocycles. The quantitative estimate of drug-likeness (QED) is 0.399. The Balaban J connectivity index is 1.98. The van der Waals surface area contributed by atoms with Crippen LogP contribution >= 0.6 is 0 Å². The number of aromatic nitrogens is 4. The van der Waals surface area contributed by atoms with Crippen molar-refractivity contribution in [1.82, 2.24) is 19.3 Å². The molecular weight excluding hydrogens is 468 g/mol. The van der Waals surface area contributed by atoms with Gasteiger partial charge in [-0.1, -0.05) is 6.92 Å². The number of aromatic amines is 1. The lowest BCUT2D eigenvalue weighted by molar-refractivity contribution is 0.0525. The Kier molecular flexibility index (Phi) is 8.43. The second-order valence-corrected chi connectivity index (χ2v) is 7.92. The van der Waals surface area contributed by atoms with Crippen LogP contribution in [0.2, 0.25) is 0 Å². The van der Waals surface area contributed by atoms with Gasteiger partial charge in [0.1, 0.15) is 11.4 Å². The SMILES string of the molecule is CCCn1c(N)c(N(CCOC)C(=O)c2ccc(-n3ncc(C(=O)OCC)c3C)cc2)c(=O)[nH]c1=O. The van der Waals surface area contributed by atoms with Gasteiger partial charge in [0.2, 0.25) is 0 Å². The molecule has 0 aliphatic carbocycles. The summed E-state index contributed by atoms with van der Waals surface area (Å²) in [7, 11) is 1.47. The molecule has 0 fully saturated rings. The number of nitrogen functional groups attached to an aromatic ring is 1. The third-order valence-electron chi connectivity index (χ3n) is 5.56. The zero-order valence-electron chi connectivity index (χ0n) is 20.7. The molecule has 0 spiro atoms. The Morgan fingerprint density at radius 1 is 1.17 bits per heavy atom. The van der Waals surface area contributed by atoms with Gasteiger partial charge >= 0.3 is 11.7 Å². The van der Waals surface area contributed by atoms with Crippen molar-refractivity contribution in [2.24, 2.45) is 0 Å². The zero-order valence-corrected chi connectivity index (χ0v) is 20.7. The van der Waals surface area contributed by atoms with Crippen molar-refractivity contribution in [2.45, 2.75) is 33.7 Å². The van der Waals surface area contributed by atoms with E-state index in [1.807, 2.05) is 6.92 Å². The van der Waals surface area contributed by atoms with Crippen LogP contribution in [0.1, 0.15) is 46.7 Å². The predicted molar refractivity (Wildman–Crippen MR) is 134 cm³/mol. The van der Waals surface area contributed by atoms with Crippen LogP contribution in [0.4, 0.5) is 11.5 Å². The monoisotopic (exact) mass is 498 g/mol. The summed E-state index contributed by atoms with van der Waals surface area (Å²) in [5.41, 5.74) is 6.51. The molecule has 12 nitrogen and oxygen atoms in total. The van der Waals surface area contributed by atoms with Gasteiger partial charge in [-0.25, -0.2) is 14.3 Å². The van der Waals surface area contributed by atoms with Gasteiger partial charge in [0.25, 0.3) is 11.5 Å². The van der Waals surface area contributed by atoms with E-state index in [4.69, 9.17) is 15.2 Å². The average molecular weight is 499 g/mol. The summed E-state index contributed by atoms with van der Waals surface area (Å²) in [5.74, 6) is -1.05. The molecule has 0 aliphatic rings. The molecule has 36 heavy (non-hydrogen) atoms. The van der Waals surface area contributed by atoms with Gasteiger partial charge in [0.05, 0.1) is 30.8 Å². The first kappa shape index (κ1) is 26.4. The van der Waals surface area contributed by atoms with Crippen molar-refractivity contribution >= 4 is 23.4 Å². The Morgan fingerprint density at radius 2 is 1.86 bits per heavy atom. The molecule has 3 N–H and O–H groups in total. The Morgan fingerprint density at radius 3 is 2.47 bits per heavy atom. The first-order valence-corrected chi connectivity index (χ1v) is 11.5. The number of nitrogens with two attached hydrogens (primary N) is 1. The molecule has 0 radical (unpaired) electrons. The van der Waals surface area contributed by atoms with E-state index >= 15 is 0 Å². The maximum Gasteiger partial charge on any atom is 0.341 e. The number of benzene rings is 1. The van der Waals surface area contributed by atoms with Gasteiger partial charge in [-0.2, -0.15) is 5.10 Å². The highest BCUT2D eigenvalue weighted by molar-refractivity contribution is 6.07. The molecule has 0 saturated carbocycles. The summed E-state index contributed by atoms with van der Waals surface area (Å²) in [5, 5.41) is 4.26. The minimum absolute atomic E-state index is 0.0376. The normalized spacial score (nSPS) is 10.9. The molecule has 2 heterocycles. The molecule has 1 aromatic carbocycles. The van der Waals surface area contributed by atoms with Crippen LogP contribution in [0.3, 0.4) is 0 Å². The highest BCUT2D eigenvalue weighted by atomic mass is 16.5. The van der Waals surface area contributed by atoms with Crippen LogP contribution in [-0.4, -0.2) is 58.1 Å². The van der Waals surface area contributed by atoms with Gasteiger partial charge < -0.3 is 15.2 Å². The molecule has 1 amide bonds. The van der Waals surface area contributed by atoms with Gasteiger partial charge in [0, 0.05) is 25.8 Å². The van der Waals surface area contributed by atoms with Crippen molar-refractivity contribution in [2.75, 3.05) is 37.5 Å². The average Bonchev–Trinajstić information content (AvgIpc) is 3.24. The topological polar surface area (TPSA) is 155 Å². The number of H-pyrrole nitrogens is 1. The summed E-state index contributed by atoms with van der Waals surface area (Å²) in [6.07, 6.45) is 2.03. The van der Waals surface area contributed by atoms with E-state index in [2.05, 4.69) is 10.1 Å². The summed E-state index contributed by atoms with van der Waals surface area (Å²) < 4.78 is 13.0. The molecule has 12 heteroatoms. The standard InChI is InChI=1S/C24H30N6O6/c1-5-11-29-20(25)19(21(31)27-24(29)34)28(12-13-35-4)22(32)16-7-9-17(10-8-16)30-15(3)18(14-26-30)23(33)36-6-2/h7-10,14H,5-6,11-13,25H2,1-4H3,(H,27,31,34). The third kappa shape index (κ3) is 5.23. The molecule has 0 aliphatic heterocycles. The van der Waals surface area contributed by atoms with Gasteiger partial charge in [-0.15, -0.1) is 0 Å². The lowest BCUT2D eigenvalue weighted by atomic mass is 10.1. The largest absolute Gasteiger partial charge is 0.462 e. The molecule has 3 rings (SSSR count). The summed E-state index contributed by atoms with van der Waals surface area (Å²) in [6, 6.07) is 6.49. The zero-order chi connectivity index (χ0) is 26.4. The first-order valence-electron chi connectivity index (χ1n) is 11.5. The number of esters is 1. The maximum absolute atomic E-state index is 13.5. The number of carbonyl (C=O) groups is 2. The minimum Gasteiger partial charge on any atom is -0.462 e. The lowest BCUT2D eigenvalue weighted by Crippen LogP contribution is -2.42. The Bertz CT molecular complexity index is 1350. The van der Waals surface area contributed by atoms with Crippen molar-refractivity contribution in [3.05, 3.63) is 68.1 Å². The van der Waals surface area contributed by atoms with Crippen molar-refractivity contribution in [1.29, 1.82) is 0 Å². The number of nitrogens with one attached hydrogen (secondary N) is 1.